The predicted molar refractivity (Wildman–Crippen MR) is 132 cm³/mol. The van der Waals surface area contributed by atoms with Gasteiger partial charge in [0.1, 0.15) is 5.69 Å². The summed E-state index contributed by atoms with van der Waals surface area (Å²) in [7, 11) is 1.98. The molecule has 2 aromatic heterocycles. The van der Waals surface area contributed by atoms with Gasteiger partial charge in [-0.05, 0) is 56.3 Å². The summed E-state index contributed by atoms with van der Waals surface area (Å²) >= 11 is 0. The highest BCUT2D eigenvalue weighted by Gasteiger charge is 2.24. The smallest absolute Gasteiger partial charge is 0.253 e. The Kier molecular flexibility index (Phi) is 5.43. The van der Waals surface area contributed by atoms with Crippen LogP contribution in [0.3, 0.4) is 0 Å². The van der Waals surface area contributed by atoms with Gasteiger partial charge in [0.15, 0.2) is 5.82 Å². The molecule has 0 aliphatic carbocycles. The number of hydrogen-bond acceptors (Lipinski definition) is 6. The summed E-state index contributed by atoms with van der Waals surface area (Å²) in [6.07, 6.45) is 1.96. The fourth-order valence-electron chi connectivity index (χ4n) is 5.01. The third-order valence-electron chi connectivity index (χ3n) is 7.07. The second-order valence-corrected chi connectivity index (χ2v) is 9.07. The average Bonchev–Trinajstić information content (AvgIpc) is 3.52. The van der Waals surface area contributed by atoms with E-state index in [2.05, 4.69) is 37.5 Å². The third kappa shape index (κ3) is 3.80. The number of nitrogens with one attached hydrogen (secondary N) is 3. The standard InChI is InChI=1S/C25H29N7O2/c1-26-17-6-8-32(9-7-17)25(33)16-2-4-20-19(14-16)23(30-29-20)24-27-21-5-3-18(15-22(21)28-24)31-10-12-34-13-11-31/h2-5,14-15,17,26H,6-13H2,1H3,(H,27,28)(H,29,30). The van der Waals surface area contributed by atoms with Crippen molar-refractivity contribution in [2.24, 2.45) is 0 Å². The number of anilines is 1. The van der Waals surface area contributed by atoms with Crippen LogP contribution in [-0.4, -0.2) is 83.5 Å². The van der Waals surface area contributed by atoms with E-state index in [1.54, 1.807) is 0 Å². The predicted octanol–water partition coefficient (Wildman–Crippen LogP) is 2.77. The van der Waals surface area contributed by atoms with E-state index in [4.69, 9.17) is 9.72 Å². The van der Waals surface area contributed by atoms with Crippen molar-refractivity contribution in [2.45, 2.75) is 18.9 Å². The number of hydrogen-bond donors (Lipinski definition) is 3. The lowest BCUT2D eigenvalue weighted by molar-refractivity contribution is 0.0707. The highest BCUT2D eigenvalue weighted by molar-refractivity contribution is 6.01. The molecule has 9 heteroatoms. The molecule has 9 nitrogen and oxygen atoms in total. The fraction of sp³-hybridized carbons (Fsp3) is 0.400. The van der Waals surface area contributed by atoms with Gasteiger partial charge in [0.25, 0.3) is 5.91 Å². The number of aromatic nitrogens is 4. The Hall–Kier alpha value is -3.43. The van der Waals surface area contributed by atoms with Crippen LogP contribution in [-0.2, 0) is 4.74 Å². The van der Waals surface area contributed by atoms with Crippen LogP contribution in [0.4, 0.5) is 5.69 Å². The number of H-pyrrole nitrogens is 2. The van der Waals surface area contributed by atoms with Crippen molar-refractivity contribution in [3.8, 4) is 11.5 Å². The first-order valence-corrected chi connectivity index (χ1v) is 12.0. The van der Waals surface area contributed by atoms with E-state index in [1.807, 2.05) is 36.2 Å². The number of fused-ring (bicyclic) bond motifs is 2. The maximum atomic E-state index is 13.2. The number of imidazole rings is 1. The molecule has 2 saturated heterocycles. The highest BCUT2D eigenvalue weighted by Crippen LogP contribution is 2.29. The van der Waals surface area contributed by atoms with E-state index in [0.29, 0.717) is 17.4 Å². The van der Waals surface area contributed by atoms with Crippen LogP contribution in [0, 0.1) is 0 Å². The lowest BCUT2D eigenvalue weighted by atomic mass is 10.0. The molecule has 1 amide bonds. The van der Waals surface area contributed by atoms with Crippen LogP contribution in [0.15, 0.2) is 36.4 Å². The van der Waals surface area contributed by atoms with Gasteiger partial charge < -0.3 is 24.8 Å². The molecule has 0 radical (unpaired) electrons. The molecular weight excluding hydrogens is 430 g/mol. The molecule has 4 aromatic rings. The number of morpholine rings is 1. The van der Waals surface area contributed by atoms with Gasteiger partial charge in [-0.15, -0.1) is 0 Å². The Balaban J connectivity index is 1.30. The lowest BCUT2D eigenvalue weighted by Gasteiger charge is -2.31. The number of aromatic amines is 2. The molecule has 3 N–H and O–H groups in total. The first-order chi connectivity index (χ1) is 16.7. The molecule has 0 atom stereocenters. The Morgan fingerprint density at radius 3 is 2.68 bits per heavy atom. The van der Waals surface area contributed by atoms with E-state index in [1.165, 1.54) is 0 Å². The van der Waals surface area contributed by atoms with Crippen LogP contribution >= 0.6 is 0 Å². The van der Waals surface area contributed by atoms with Crippen molar-refractivity contribution >= 4 is 33.5 Å². The molecule has 2 aliphatic heterocycles. The first kappa shape index (κ1) is 21.1. The van der Waals surface area contributed by atoms with Crippen LogP contribution in [0.5, 0.6) is 0 Å². The van der Waals surface area contributed by atoms with E-state index < -0.39 is 0 Å². The molecule has 6 rings (SSSR count). The summed E-state index contributed by atoms with van der Waals surface area (Å²) in [6.45, 7) is 4.82. The van der Waals surface area contributed by atoms with Crippen LogP contribution in [0.1, 0.15) is 23.2 Å². The summed E-state index contributed by atoms with van der Waals surface area (Å²) in [5, 5.41) is 11.8. The average molecular weight is 460 g/mol. The normalized spacial score (nSPS) is 17.7. The number of likely N-dealkylation sites (tertiary alicyclic amines) is 1. The minimum absolute atomic E-state index is 0.0726. The number of rotatable bonds is 4. The fourth-order valence-corrected chi connectivity index (χ4v) is 5.01. The van der Waals surface area contributed by atoms with Gasteiger partial charge in [-0.1, -0.05) is 0 Å². The van der Waals surface area contributed by atoms with Gasteiger partial charge in [0, 0.05) is 48.9 Å². The van der Waals surface area contributed by atoms with Crippen LogP contribution in [0.2, 0.25) is 0 Å². The zero-order valence-electron chi connectivity index (χ0n) is 19.3. The van der Waals surface area contributed by atoms with E-state index in [0.717, 1.165) is 85.6 Å². The van der Waals surface area contributed by atoms with Crippen molar-refractivity contribution in [2.75, 3.05) is 51.3 Å². The minimum atomic E-state index is 0.0726. The molecular formula is C25H29N7O2. The number of carbonyl (C=O) groups excluding carboxylic acids is 1. The van der Waals surface area contributed by atoms with Crippen molar-refractivity contribution in [1.29, 1.82) is 0 Å². The zero-order valence-corrected chi connectivity index (χ0v) is 19.3. The quantitative estimate of drug-likeness (QED) is 0.434. The summed E-state index contributed by atoms with van der Waals surface area (Å²) in [6, 6.07) is 12.5. The number of carbonyl (C=O) groups is 1. The van der Waals surface area contributed by atoms with Crippen LogP contribution < -0.4 is 10.2 Å². The SMILES string of the molecule is CNC1CCN(C(=O)c2ccc3[nH]nc(-c4nc5ccc(N6CCOCC6)cc5[nH]4)c3c2)CC1. The van der Waals surface area contributed by atoms with Crippen LogP contribution in [0.25, 0.3) is 33.5 Å². The number of benzene rings is 2. The summed E-state index contributed by atoms with van der Waals surface area (Å²) in [5.41, 5.74) is 5.31. The molecule has 34 heavy (non-hydrogen) atoms. The molecule has 176 valence electrons. The molecule has 4 heterocycles. The first-order valence-electron chi connectivity index (χ1n) is 12.0. The number of piperidine rings is 1. The summed E-state index contributed by atoms with van der Waals surface area (Å²) in [5.74, 6) is 0.767. The van der Waals surface area contributed by atoms with E-state index >= 15 is 0 Å². The molecule has 0 spiro atoms. The molecule has 0 bridgehead atoms. The van der Waals surface area contributed by atoms with Crippen molar-refractivity contribution in [1.82, 2.24) is 30.4 Å². The Morgan fingerprint density at radius 1 is 1.06 bits per heavy atom. The number of ether oxygens (including phenoxy) is 1. The minimum Gasteiger partial charge on any atom is -0.378 e. The zero-order chi connectivity index (χ0) is 23.1. The van der Waals surface area contributed by atoms with Gasteiger partial charge in [-0.2, -0.15) is 5.10 Å². The Bertz CT molecular complexity index is 1330. The Morgan fingerprint density at radius 2 is 1.88 bits per heavy atom. The molecule has 0 saturated carbocycles. The van der Waals surface area contributed by atoms with E-state index in [9.17, 15) is 4.79 Å². The van der Waals surface area contributed by atoms with Gasteiger partial charge in [-0.3, -0.25) is 9.89 Å². The van der Waals surface area contributed by atoms with Crippen molar-refractivity contribution in [3.63, 3.8) is 0 Å². The molecule has 0 unspecified atom stereocenters. The maximum absolute atomic E-state index is 13.2. The summed E-state index contributed by atoms with van der Waals surface area (Å²) < 4.78 is 5.47. The number of nitrogens with zero attached hydrogens (tertiary/aromatic N) is 4. The second kappa shape index (κ2) is 8.73. The Labute approximate surface area is 197 Å². The maximum Gasteiger partial charge on any atom is 0.253 e. The molecule has 2 fully saturated rings. The topological polar surface area (TPSA) is 102 Å². The third-order valence-corrected chi connectivity index (χ3v) is 7.07. The van der Waals surface area contributed by atoms with Gasteiger partial charge in [-0.25, -0.2) is 4.98 Å². The van der Waals surface area contributed by atoms with Gasteiger partial charge in [0.2, 0.25) is 0 Å². The van der Waals surface area contributed by atoms with Gasteiger partial charge >= 0.3 is 0 Å². The molecule has 2 aliphatic rings. The largest absolute Gasteiger partial charge is 0.378 e. The summed E-state index contributed by atoms with van der Waals surface area (Å²) in [4.78, 5) is 25.7. The number of amides is 1. The van der Waals surface area contributed by atoms with E-state index in [-0.39, 0.29) is 5.91 Å². The van der Waals surface area contributed by atoms with Crippen molar-refractivity contribution in [3.05, 3.63) is 42.0 Å². The van der Waals surface area contributed by atoms with Gasteiger partial charge in [0.05, 0.1) is 29.8 Å². The molecule has 2 aromatic carbocycles. The van der Waals surface area contributed by atoms with Crippen molar-refractivity contribution < 1.29 is 9.53 Å². The highest BCUT2D eigenvalue weighted by atomic mass is 16.5. The second-order valence-electron chi connectivity index (χ2n) is 9.07. The monoisotopic (exact) mass is 459 g/mol. The lowest BCUT2D eigenvalue weighted by Crippen LogP contribution is -2.43.